The zero-order valence-corrected chi connectivity index (χ0v) is 15.5. The van der Waals surface area contributed by atoms with Crippen molar-refractivity contribution in [2.75, 3.05) is 13.2 Å². The summed E-state index contributed by atoms with van der Waals surface area (Å²) in [4.78, 5) is 12.0. The molecule has 0 radical (unpaired) electrons. The van der Waals surface area contributed by atoms with Crippen LogP contribution >= 0.6 is 0 Å². The molecule has 0 amide bonds. The van der Waals surface area contributed by atoms with E-state index in [4.69, 9.17) is 24.0 Å². The van der Waals surface area contributed by atoms with Gasteiger partial charge in [-0.1, -0.05) is 13.8 Å². The Hall–Kier alpha value is -0.200. The number of ether oxygens (including phenoxy) is 3. The number of rotatable bonds is 4. The lowest BCUT2D eigenvalue weighted by molar-refractivity contribution is -0.571. The van der Waals surface area contributed by atoms with E-state index < -0.39 is 11.4 Å². The summed E-state index contributed by atoms with van der Waals surface area (Å²) in [6.45, 7) is 10.2. The summed E-state index contributed by atoms with van der Waals surface area (Å²) in [6, 6.07) is 0. The fourth-order valence-corrected chi connectivity index (χ4v) is 5.65. The summed E-state index contributed by atoms with van der Waals surface area (Å²) in [5.74, 6) is 1.23. The second-order valence-corrected chi connectivity index (χ2v) is 8.43. The van der Waals surface area contributed by atoms with Crippen molar-refractivity contribution >= 4 is 0 Å². The van der Waals surface area contributed by atoms with Crippen molar-refractivity contribution in [3.8, 4) is 0 Å². The zero-order valence-electron chi connectivity index (χ0n) is 15.5. The van der Waals surface area contributed by atoms with Crippen LogP contribution in [0, 0.1) is 23.7 Å². The normalized spacial score (nSPS) is 53.5. The van der Waals surface area contributed by atoms with Gasteiger partial charge in [-0.15, -0.1) is 0 Å². The summed E-state index contributed by atoms with van der Waals surface area (Å²) >= 11 is 0. The average molecular weight is 340 g/mol. The summed E-state index contributed by atoms with van der Waals surface area (Å²) in [7, 11) is 0. The minimum Gasteiger partial charge on any atom is -0.382 e. The van der Waals surface area contributed by atoms with Crippen LogP contribution in [0.25, 0.3) is 0 Å². The smallest absolute Gasteiger partial charge is 0.201 e. The lowest BCUT2D eigenvalue weighted by atomic mass is 9.57. The van der Waals surface area contributed by atoms with Crippen LogP contribution < -0.4 is 0 Å². The maximum atomic E-state index is 6.50. The van der Waals surface area contributed by atoms with Gasteiger partial charge in [0.15, 0.2) is 11.9 Å². The van der Waals surface area contributed by atoms with Crippen molar-refractivity contribution in [1.29, 1.82) is 0 Å². The Morgan fingerprint density at radius 2 is 1.92 bits per heavy atom. The van der Waals surface area contributed by atoms with Crippen molar-refractivity contribution in [2.45, 2.75) is 83.6 Å². The molecule has 1 spiro atoms. The van der Waals surface area contributed by atoms with E-state index in [-0.39, 0.29) is 12.4 Å². The molecule has 5 heteroatoms. The van der Waals surface area contributed by atoms with Crippen LogP contribution in [0.15, 0.2) is 0 Å². The summed E-state index contributed by atoms with van der Waals surface area (Å²) in [6.07, 6.45) is 5.13. The van der Waals surface area contributed by atoms with Crippen molar-refractivity contribution in [3.05, 3.63) is 0 Å². The maximum absolute atomic E-state index is 6.50. The molecule has 2 bridgehead atoms. The van der Waals surface area contributed by atoms with E-state index in [1.165, 1.54) is 6.42 Å². The van der Waals surface area contributed by atoms with Crippen LogP contribution in [0.4, 0.5) is 0 Å². The molecule has 4 heterocycles. The third-order valence-corrected chi connectivity index (χ3v) is 7.05. The zero-order chi connectivity index (χ0) is 16.9. The second-order valence-electron chi connectivity index (χ2n) is 8.43. The van der Waals surface area contributed by atoms with Gasteiger partial charge in [-0.05, 0) is 57.3 Å². The van der Waals surface area contributed by atoms with Gasteiger partial charge in [0.2, 0.25) is 5.79 Å². The predicted octanol–water partition coefficient (Wildman–Crippen LogP) is 3.66. The average Bonchev–Trinajstić information content (AvgIpc) is 2.78. The molecule has 4 saturated heterocycles. The van der Waals surface area contributed by atoms with E-state index in [9.17, 15) is 0 Å². The van der Waals surface area contributed by atoms with Crippen molar-refractivity contribution < 1.29 is 24.0 Å². The molecule has 5 rings (SSSR count). The van der Waals surface area contributed by atoms with E-state index in [1.54, 1.807) is 0 Å². The first kappa shape index (κ1) is 17.2. The van der Waals surface area contributed by atoms with E-state index >= 15 is 0 Å². The van der Waals surface area contributed by atoms with Gasteiger partial charge in [-0.3, -0.25) is 0 Å². The van der Waals surface area contributed by atoms with E-state index in [0.717, 1.165) is 38.9 Å². The highest BCUT2D eigenvalue weighted by molar-refractivity contribution is 5.09. The Kier molecular flexibility index (Phi) is 4.45. The SMILES string of the molecule is CCOCC[C@H]1O[C@@H]2OC3(C)CC[C@H]4[C@H](C)CC[C@@H]([C@H]1C)[C@@]24OO3. The van der Waals surface area contributed by atoms with Gasteiger partial charge in [0.05, 0.1) is 6.10 Å². The Labute approximate surface area is 145 Å². The molecule has 0 aromatic rings. The standard InChI is InChI=1S/C19H32O5/c1-5-20-11-9-16-13(3)15-7-6-12(2)14-8-10-18(4)22-17(21-16)19(14,15)24-23-18/h12-17H,5-11H2,1-4H3/t12-,13-,14+,15+,16-,17-,18?,19-/m1/s1. The van der Waals surface area contributed by atoms with Crippen molar-refractivity contribution in [3.63, 3.8) is 0 Å². The quantitative estimate of drug-likeness (QED) is 0.577. The molecule has 8 atom stereocenters. The van der Waals surface area contributed by atoms with Gasteiger partial charge in [0.25, 0.3) is 0 Å². The molecule has 1 unspecified atom stereocenters. The molecule has 4 aliphatic heterocycles. The van der Waals surface area contributed by atoms with E-state index in [1.807, 2.05) is 13.8 Å². The summed E-state index contributed by atoms with van der Waals surface area (Å²) in [5, 5.41) is 0. The molecular formula is C19H32O5. The molecule has 0 aromatic heterocycles. The molecule has 138 valence electrons. The fraction of sp³-hybridized carbons (Fsp3) is 1.00. The third kappa shape index (κ3) is 2.47. The lowest BCUT2D eigenvalue weighted by Gasteiger charge is -2.60. The molecule has 24 heavy (non-hydrogen) atoms. The van der Waals surface area contributed by atoms with Crippen LogP contribution in [-0.2, 0) is 24.0 Å². The van der Waals surface area contributed by atoms with Gasteiger partial charge in [-0.2, -0.15) is 0 Å². The molecule has 1 saturated carbocycles. The third-order valence-electron chi connectivity index (χ3n) is 7.05. The first-order chi connectivity index (χ1) is 11.5. The van der Waals surface area contributed by atoms with Crippen LogP contribution in [0.2, 0.25) is 0 Å². The minimum absolute atomic E-state index is 0.165. The number of fused-ring (bicyclic) bond motifs is 2. The second kappa shape index (κ2) is 6.20. The highest BCUT2D eigenvalue weighted by atomic mass is 17.3. The van der Waals surface area contributed by atoms with Gasteiger partial charge < -0.3 is 14.2 Å². The highest BCUT2D eigenvalue weighted by Crippen LogP contribution is 2.60. The van der Waals surface area contributed by atoms with E-state index in [2.05, 4.69) is 13.8 Å². The Morgan fingerprint density at radius 1 is 1.08 bits per heavy atom. The van der Waals surface area contributed by atoms with Crippen LogP contribution in [-0.4, -0.2) is 37.0 Å². The lowest BCUT2D eigenvalue weighted by Crippen LogP contribution is -2.70. The van der Waals surface area contributed by atoms with Gasteiger partial charge in [-0.25, -0.2) is 9.78 Å². The number of hydrogen-bond donors (Lipinski definition) is 0. The molecule has 5 fully saturated rings. The van der Waals surface area contributed by atoms with Gasteiger partial charge in [0, 0.05) is 25.6 Å². The first-order valence-corrected chi connectivity index (χ1v) is 9.78. The predicted molar refractivity (Wildman–Crippen MR) is 87.9 cm³/mol. The Morgan fingerprint density at radius 3 is 2.71 bits per heavy atom. The summed E-state index contributed by atoms with van der Waals surface area (Å²) < 4.78 is 18.4. The molecule has 0 aromatic carbocycles. The molecular weight excluding hydrogens is 308 g/mol. The molecule has 5 nitrogen and oxygen atoms in total. The van der Waals surface area contributed by atoms with Crippen molar-refractivity contribution in [2.24, 2.45) is 23.7 Å². The molecule has 1 aliphatic carbocycles. The van der Waals surface area contributed by atoms with Gasteiger partial charge in [0.1, 0.15) is 0 Å². The monoisotopic (exact) mass is 340 g/mol. The fourth-order valence-electron chi connectivity index (χ4n) is 5.65. The minimum atomic E-state index is -0.678. The Bertz CT molecular complexity index is 471. The topological polar surface area (TPSA) is 46.2 Å². The largest absolute Gasteiger partial charge is 0.382 e. The summed E-state index contributed by atoms with van der Waals surface area (Å²) in [5.41, 5.74) is -0.435. The maximum Gasteiger partial charge on any atom is 0.201 e. The molecule has 5 aliphatic rings. The molecule has 0 N–H and O–H groups in total. The highest BCUT2D eigenvalue weighted by Gasteiger charge is 2.69. The van der Waals surface area contributed by atoms with Gasteiger partial charge >= 0.3 is 0 Å². The van der Waals surface area contributed by atoms with Crippen LogP contribution in [0.1, 0.15) is 59.8 Å². The van der Waals surface area contributed by atoms with Crippen molar-refractivity contribution in [1.82, 2.24) is 0 Å². The first-order valence-electron chi connectivity index (χ1n) is 9.78. The van der Waals surface area contributed by atoms with Crippen LogP contribution in [0.3, 0.4) is 0 Å². The van der Waals surface area contributed by atoms with E-state index in [0.29, 0.717) is 23.7 Å². The van der Waals surface area contributed by atoms with Crippen LogP contribution in [0.5, 0.6) is 0 Å². The number of hydrogen-bond acceptors (Lipinski definition) is 5. The Balaban J connectivity index is 1.64.